The van der Waals surface area contributed by atoms with Crippen molar-refractivity contribution in [3.05, 3.63) is 35.9 Å². The fourth-order valence-electron chi connectivity index (χ4n) is 2.93. The van der Waals surface area contributed by atoms with Gasteiger partial charge in [0.05, 0.1) is 0 Å². The van der Waals surface area contributed by atoms with Gasteiger partial charge in [0, 0.05) is 6.42 Å². The van der Waals surface area contributed by atoms with Crippen molar-refractivity contribution in [1.82, 2.24) is 0 Å². The highest BCUT2D eigenvalue weighted by Gasteiger charge is 2.45. The lowest BCUT2D eigenvalue weighted by Crippen LogP contribution is -2.41. The van der Waals surface area contributed by atoms with Crippen LogP contribution in [0.25, 0.3) is 0 Å². The minimum absolute atomic E-state index is 0.0701. The van der Waals surface area contributed by atoms with Crippen LogP contribution in [-0.2, 0) is 16.0 Å². The van der Waals surface area contributed by atoms with Crippen molar-refractivity contribution in [3.63, 3.8) is 0 Å². The van der Waals surface area contributed by atoms with Gasteiger partial charge in [0.2, 0.25) is 0 Å². The summed E-state index contributed by atoms with van der Waals surface area (Å²) < 4.78 is 0. The average molecular weight is 260 g/mol. The molecule has 0 saturated heterocycles. The van der Waals surface area contributed by atoms with E-state index in [1.54, 1.807) is 0 Å². The molecule has 0 amide bonds. The zero-order chi connectivity index (χ0) is 13.7. The molecule has 1 aliphatic carbocycles. The van der Waals surface area contributed by atoms with Crippen LogP contribution in [0.2, 0.25) is 0 Å². The predicted molar refractivity (Wildman–Crippen MR) is 72.9 cm³/mol. The minimum atomic E-state index is -1.10. The topological polar surface area (TPSA) is 54.4 Å². The van der Waals surface area contributed by atoms with Crippen molar-refractivity contribution in [2.45, 2.75) is 44.9 Å². The third kappa shape index (κ3) is 3.03. The van der Waals surface area contributed by atoms with E-state index in [2.05, 4.69) is 0 Å². The summed E-state index contributed by atoms with van der Waals surface area (Å²) in [4.78, 5) is 23.5. The van der Waals surface area contributed by atoms with Gasteiger partial charge in [0.1, 0.15) is 11.2 Å². The molecule has 1 aliphatic rings. The highest BCUT2D eigenvalue weighted by atomic mass is 16.4. The average Bonchev–Trinajstić information content (AvgIpc) is 2.42. The molecule has 1 atom stereocenters. The molecule has 1 fully saturated rings. The molecule has 0 aromatic heterocycles. The lowest BCUT2D eigenvalue weighted by molar-refractivity contribution is -0.157. The largest absolute Gasteiger partial charge is 0.480 e. The number of carbonyl (C=O) groups is 2. The Bertz CT molecular complexity index is 452. The van der Waals surface area contributed by atoms with E-state index >= 15 is 0 Å². The number of hydrogen-bond acceptors (Lipinski definition) is 2. The van der Waals surface area contributed by atoms with E-state index in [0.717, 1.165) is 25.7 Å². The third-order valence-corrected chi connectivity index (χ3v) is 4.11. The number of carboxylic acids is 1. The first-order valence-electron chi connectivity index (χ1n) is 6.96. The van der Waals surface area contributed by atoms with Gasteiger partial charge in [-0.3, -0.25) is 9.59 Å². The van der Waals surface area contributed by atoms with Crippen molar-refractivity contribution in [2.75, 3.05) is 0 Å². The number of carboxylic acid groups (broad SMARTS) is 1. The van der Waals surface area contributed by atoms with Crippen molar-refractivity contribution >= 4 is 11.8 Å². The fourth-order valence-corrected chi connectivity index (χ4v) is 2.93. The van der Waals surface area contributed by atoms with Gasteiger partial charge in [-0.15, -0.1) is 0 Å². The first-order chi connectivity index (χ1) is 9.15. The van der Waals surface area contributed by atoms with Crippen LogP contribution in [0.3, 0.4) is 0 Å². The minimum Gasteiger partial charge on any atom is -0.480 e. The van der Waals surface area contributed by atoms with Crippen molar-refractivity contribution < 1.29 is 14.7 Å². The molecule has 0 spiro atoms. The van der Waals surface area contributed by atoms with E-state index in [1.165, 1.54) is 5.56 Å². The number of aryl methyl sites for hydroxylation is 1. The molecule has 1 saturated carbocycles. The van der Waals surface area contributed by atoms with E-state index < -0.39 is 11.4 Å². The van der Waals surface area contributed by atoms with Crippen LogP contribution in [-0.4, -0.2) is 16.9 Å². The Balaban J connectivity index is 1.98. The molecule has 3 heteroatoms. The Kier molecular flexibility index (Phi) is 4.35. The second-order valence-corrected chi connectivity index (χ2v) is 5.36. The molecule has 1 aromatic carbocycles. The summed E-state index contributed by atoms with van der Waals surface area (Å²) in [5.74, 6) is -0.996. The summed E-state index contributed by atoms with van der Waals surface area (Å²) in [6, 6.07) is 10.0. The summed E-state index contributed by atoms with van der Waals surface area (Å²) in [5, 5.41) is 9.44. The maximum atomic E-state index is 12.0. The quantitative estimate of drug-likeness (QED) is 0.827. The number of hydrogen-bond donors (Lipinski definition) is 1. The summed E-state index contributed by atoms with van der Waals surface area (Å²) in [6.45, 7) is 0. The summed E-state index contributed by atoms with van der Waals surface area (Å²) in [6.07, 6.45) is 4.69. The molecule has 0 heterocycles. The summed E-state index contributed by atoms with van der Waals surface area (Å²) in [7, 11) is 0. The van der Waals surface area contributed by atoms with E-state index in [1.807, 2.05) is 30.3 Å². The lowest BCUT2D eigenvalue weighted by Gasteiger charge is -2.31. The fraction of sp³-hybridized carbons (Fsp3) is 0.500. The van der Waals surface area contributed by atoms with Crippen LogP contribution in [0.4, 0.5) is 0 Å². The Hall–Kier alpha value is -1.64. The zero-order valence-electron chi connectivity index (χ0n) is 11.1. The number of ketones is 1. The summed E-state index contributed by atoms with van der Waals surface area (Å²) in [5.41, 5.74) is 0.0961. The predicted octanol–water partition coefficient (Wildman–Crippen LogP) is 3.22. The summed E-state index contributed by atoms with van der Waals surface area (Å²) >= 11 is 0. The second-order valence-electron chi connectivity index (χ2n) is 5.36. The van der Waals surface area contributed by atoms with Gasteiger partial charge >= 0.3 is 5.97 Å². The van der Waals surface area contributed by atoms with Crippen LogP contribution in [0, 0.1) is 5.41 Å². The first-order valence-corrected chi connectivity index (χ1v) is 6.96. The molecule has 1 aromatic rings. The van der Waals surface area contributed by atoms with Gasteiger partial charge < -0.3 is 5.11 Å². The van der Waals surface area contributed by atoms with Crippen molar-refractivity contribution in [1.29, 1.82) is 0 Å². The SMILES string of the molecule is O=C(O)C1(CCCc2ccccc2)CCCCC1=O. The van der Waals surface area contributed by atoms with E-state index in [9.17, 15) is 14.7 Å². The van der Waals surface area contributed by atoms with Crippen LogP contribution >= 0.6 is 0 Å². The third-order valence-electron chi connectivity index (χ3n) is 4.11. The molecular formula is C16H20O3. The highest BCUT2D eigenvalue weighted by Crippen LogP contribution is 2.38. The van der Waals surface area contributed by atoms with E-state index in [0.29, 0.717) is 19.3 Å². The number of aliphatic carboxylic acids is 1. The smallest absolute Gasteiger partial charge is 0.317 e. The molecule has 3 nitrogen and oxygen atoms in total. The first kappa shape index (κ1) is 13.8. The number of carbonyl (C=O) groups excluding carboxylic acids is 1. The highest BCUT2D eigenvalue weighted by molar-refractivity contribution is 6.03. The molecular weight excluding hydrogens is 240 g/mol. The maximum absolute atomic E-state index is 12.0. The van der Waals surface area contributed by atoms with Crippen molar-refractivity contribution in [2.24, 2.45) is 5.41 Å². The normalized spacial score (nSPS) is 23.3. The van der Waals surface area contributed by atoms with Crippen molar-refractivity contribution in [3.8, 4) is 0 Å². The van der Waals surface area contributed by atoms with E-state index in [4.69, 9.17) is 0 Å². The second kappa shape index (κ2) is 6.00. The van der Waals surface area contributed by atoms with Gasteiger partial charge in [0.15, 0.2) is 0 Å². The lowest BCUT2D eigenvalue weighted by atomic mass is 9.70. The van der Waals surface area contributed by atoms with Gasteiger partial charge in [-0.1, -0.05) is 36.8 Å². The van der Waals surface area contributed by atoms with Gasteiger partial charge in [-0.05, 0) is 37.7 Å². The number of Topliss-reactive ketones (excluding diaryl/α,β-unsaturated/α-hetero) is 1. The monoisotopic (exact) mass is 260 g/mol. The molecule has 0 radical (unpaired) electrons. The molecule has 102 valence electrons. The van der Waals surface area contributed by atoms with Gasteiger partial charge in [-0.25, -0.2) is 0 Å². The Morgan fingerprint density at radius 3 is 2.58 bits per heavy atom. The molecule has 19 heavy (non-hydrogen) atoms. The molecule has 0 bridgehead atoms. The Morgan fingerprint density at radius 2 is 1.95 bits per heavy atom. The molecule has 1 unspecified atom stereocenters. The van der Waals surface area contributed by atoms with Crippen LogP contribution in [0.5, 0.6) is 0 Å². The number of rotatable bonds is 5. The van der Waals surface area contributed by atoms with Gasteiger partial charge in [-0.2, -0.15) is 0 Å². The Morgan fingerprint density at radius 1 is 1.21 bits per heavy atom. The van der Waals surface area contributed by atoms with E-state index in [-0.39, 0.29) is 5.78 Å². The van der Waals surface area contributed by atoms with Gasteiger partial charge in [0.25, 0.3) is 0 Å². The van der Waals surface area contributed by atoms with Crippen LogP contribution in [0.15, 0.2) is 30.3 Å². The molecule has 1 N–H and O–H groups in total. The Labute approximate surface area is 113 Å². The zero-order valence-corrected chi connectivity index (χ0v) is 11.1. The number of benzene rings is 1. The molecule has 2 rings (SSSR count). The van der Waals surface area contributed by atoms with Crippen LogP contribution < -0.4 is 0 Å². The molecule has 0 aliphatic heterocycles. The maximum Gasteiger partial charge on any atom is 0.317 e. The standard InChI is InChI=1S/C16H20O3/c17-14-10-4-5-11-16(14,15(18)19)12-6-9-13-7-2-1-3-8-13/h1-3,7-8H,4-6,9-12H2,(H,18,19). The van der Waals surface area contributed by atoms with Crippen LogP contribution in [0.1, 0.15) is 44.1 Å².